The van der Waals surface area contributed by atoms with Gasteiger partial charge < -0.3 is 9.32 Å². The molecule has 2 aromatic rings. The lowest BCUT2D eigenvalue weighted by Gasteiger charge is -2.37. The Morgan fingerprint density at radius 3 is 2.76 bits per heavy atom. The lowest BCUT2D eigenvalue weighted by molar-refractivity contribution is 0.0985. The number of piperidine rings is 1. The van der Waals surface area contributed by atoms with E-state index in [2.05, 4.69) is 21.8 Å². The number of hydrogen-bond donors (Lipinski definition) is 0. The third-order valence-corrected chi connectivity index (χ3v) is 5.63. The number of aromatic nitrogens is 1. The minimum atomic E-state index is -0.186. The van der Waals surface area contributed by atoms with Gasteiger partial charge in [-0.05, 0) is 64.0 Å². The maximum atomic E-state index is 13.8. The fourth-order valence-corrected chi connectivity index (χ4v) is 4.21. The summed E-state index contributed by atoms with van der Waals surface area (Å²) in [6.45, 7) is 3.46. The smallest absolute Gasteiger partial charge is 0.211 e. The third-order valence-electron chi connectivity index (χ3n) is 5.63. The van der Waals surface area contributed by atoms with E-state index >= 15 is 0 Å². The summed E-state index contributed by atoms with van der Waals surface area (Å²) in [6, 6.07) is 7.77. The molecule has 1 unspecified atom stereocenters. The van der Waals surface area contributed by atoms with Crippen molar-refractivity contribution in [3.63, 3.8) is 0 Å². The zero-order valence-electron chi connectivity index (χ0n) is 14.8. The van der Waals surface area contributed by atoms with Crippen molar-refractivity contribution in [2.45, 2.75) is 44.2 Å². The van der Waals surface area contributed by atoms with E-state index in [4.69, 9.17) is 4.42 Å². The van der Waals surface area contributed by atoms with Gasteiger partial charge >= 0.3 is 0 Å². The SMILES string of the molecule is CN1CCC(N2CCCC2c2ncc(Cc3ccccc3F)o2)CC1. The van der Waals surface area contributed by atoms with Crippen LogP contribution < -0.4 is 0 Å². The average Bonchev–Trinajstić information content (AvgIpc) is 3.27. The van der Waals surface area contributed by atoms with Crippen molar-refractivity contribution in [3.05, 3.63) is 53.5 Å². The first-order chi connectivity index (χ1) is 12.2. The third kappa shape index (κ3) is 3.62. The van der Waals surface area contributed by atoms with Crippen LogP contribution in [0.25, 0.3) is 0 Å². The molecule has 2 aliphatic rings. The number of oxazole rings is 1. The van der Waals surface area contributed by atoms with Crippen LogP contribution in [0, 0.1) is 5.82 Å². The van der Waals surface area contributed by atoms with Gasteiger partial charge in [-0.3, -0.25) is 4.90 Å². The van der Waals surface area contributed by atoms with Gasteiger partial charge in [0.15, 0.2) is 0 Å². The topological polar surface area (TPSA) is 32.5 Å². The molecule has 4 nitrogen and oxygen atoms in total. The van der Waals surface area contributed by atoms with Crippen LogP contribution in [-0.4, -0.2) is 47.5 Å². The quantitative estimate of drug-likeness (QED) is 0.848. The van der Waals surface area contributed by atoms with Crippen LogP contribution in [0.2, 0.25) is 0 Å². The fraction of sp³-hybridized carbons (Fsp3) is 0.550. The molecule has 5 heteroatoms. The van der Waals surface area contributed by atoms with Gasteiger partial charge in [0, 0.05) is 12.5 Å². The van der Waals surface area contributed by atoms with Crippen molar-refractivity contribution in [2.75, 3.05) is 26.7 Å². The molecule has 25 heavy (non-hydrogen) atoms. The first kappa shape index (κ1) is 16.7. The highest BCUT2D eigenvalue weighted by molar-refractivity contribution is 5.21. The van der Waals surface area contributed by atoms with Gasteiger partial charge in [0.2, 0.25) is 5.89 Å². The second-order valence-corrected chi connectivity index (χ2v) is 7.36. The van der Waals surface area contributed by atoms with E-state index in [-0.39, 0.29) is 11.9 Å². The number of benzene rings is 1. The van der Waals surface area contributed by atoms with Crippen LogP contribution in [0.15, 0.2) is 34.9 Å². The first-order valence-corrected chi connectivity index (χ1v) is 9.33. The minimum Gasteiger partial charge on any atom is -0.444 e. The molecule has 3 heterocycles. The number of rotatable bonds is 4. The van der Waals surface area contributed by atoms with E-state index in [9.17, 15) is 4.39 Å². The molecular formula is C20H26FN3O. The molecule has 2 fully saturated rings. The average molecular weight is 343 g/mol. The normalized spacial score (nSPS) is 23.4. The Kier molecular flexibility index (Phi) is 4.86. The van der Waals surface area contributed by atoms with E-state index < -0.39 is 0 Å². The molecule has 0 N–H and O–H groups in total. The van der Waals surface area contributed by atoms with Crippen molar-refractivity contribution in [2.24, 2.45) is 0 Å². The molecule has 0 bridgehead atoms. The van der Waals surface area contributed by atoms with E-state index in [0.717, 1.165) is 37.7 Å². The molecule has 2 saturated heterocycles. The molecule has 0 amide bonds. The number of nitrogens with zero attached hydrogens (tertiary/aromatic N) is 3. The molecule has 0 aliphatic carbocycles. The van der Waals surface area contributed by atoms with Crippen molar-refractivity contribution in [3.8, 4) is 0 Å². The van der Waals surface area contributed by atoms with Crippen molar-refractivity contribution in [1.82, 2.24) is 14.8 Å². The zero-order chi connectivity index (χ0) is 17.2. The highest BCUT2D eigenvalue weighted by Gasteiger charge is 2.35. The van der Waals surface area contributed by atoms with Crippen LogP contribution >= 0.6 is 0 Å². The number of hydrogen-bond acceptors (Lipinski definition) is 4. The Bertz CT molecular complexity index is 708. The number of halogens is 1. The van der Waals surface area contributed by atoms with E-state index in [1.807, 2.05) is 6.07 Å². The summed E-state index contributed by atoms with van der Waals surface area (Å²) < 4.78 is 19.9. The van der Waals surface area contributed by atoms with Crippen LogP contribution in [-0.2, 0) is 6.42 Å². The largest absolute Gasteiger partial charge is 0.444 e. The fourth-order valence-electron chi connectivity index (χ4n) is 4.21. The molecule has 0 saturated carbocycles. The molecule has 2 aliphatic heterocycles. The molecular weight excluding hydrogens is 317 g/mol. The maximum absolute atomic E-state index is 13.8. The molecule has 0 radical (unpaired) electrons. The Morgan fingerprint density at radius 2 is 1.96 bits per heavy atom. The van der Waals surface area contributed by atoms with Gasteiger partial charge in [0.25, 0.3) is 0 Å². The van der Waals surface area contributed by atoms with Gasteiger partial charge in [-0.2, -0.15) is 0 Å². The summed E-state index contributed by atoms with van der Waals surface area (Å²) in [5.74, 6) is 1.37. The van der Waals surface area contributed by atoms with Crippen LogP contribution in [0.5, 0.6) is 0 Å². The standard InChI is InChI=1S/C20H26FN3O/c1-23-11-8-16(9-12-23)24-10-4-7-19(24)20-22-14-17(25-20)13-15-5-2-3-6-18(15)21/h2-3,5-6,14,16,19H,4,7-13H2,1H3. The summed E-state index contributed by atoms with van der Waals surface area (Å²) in [6.07, 6.45) is 6.97. The second kappa shape index (κ2) is 7.26. The van der Waals surface area contributed by atoms with Crippen LogP contribution in [0.4, 0.5) is 4.39 Å². The Balaban J connectivity index is 1.46. The summed E-state index contributed by atoms with van der Waals surface area (Å²) in [5.41, 5.74) is 0.656. The molecule has 1 atom stereocenters. The van der Waals surface area contributed by atoms with Gasteiger partial charge in [0.1, 0.15) is 11.6 Å². The predicted molar refractivity (Wildman–Crippen MR) is 94.9 cm³/mol. The maximum Gasteiger partial charge on any atom is 0.211 e. The zero-order valence-corrected chi connectivity index (χ0v) is 14.8. The number of likely N-dealkylation sites (tertiary alicyclic amines) is 2. The summed E-state index contributed by atoms with van der Waals surface area (Å²) >= 11 is 0. The Labute approximate surface area is 148 Å². The van der Waals surface area contributed by atoms with E-state index in [0.29, 0.717) is 18.0 Å². The molecule has 0 spiro atoms. The van der Waals surface area contributed by atoms with Gasteiger partial charge in [0.05, 0.1) is 12.2 Å². The molecule has 1 aromatic heterocycles. The van der Waals surface area contributed by atoms with Crippen molar-refractivity contribution in [1.29, 1.82) is 0 Å². The lowest BCUT2D eigenvalue weighted by Crippen LogP contribution is -2.43. The monoisotopic (exact) mass is 343 g/mol. The summed E-state index contributed by atoms with van der Waals surface area (Å²) in [7, 11) is 2.20. The van der Waals surface area contributed by atoms with Crippen LogP contribution in [0.1, 0.15) is 48.9 Å². The van der Waals surface area contributed by atoms with Gasteiger partial charge in [-0.1, -0.05) is 18.2 Å². The van der Waals surface area contributed by atoms with Crippen LogP contribution in [0.3, 0.4) is 0 Å². The van der Waals surface area contributed by atoms with Gasteiger partial charge in [-0.25, -0.2) is 9.37 Å². The Hall–Kier alpha value is -1.72. The van der Waals surface area contributed by atoms with E-state index in [1.54, 1.807) is 18.3 Å². The molecule has 1 aromatic carbocycles. The van der Waals surface area contributed by atoms with Crippen molar-refractivity contribution < 1.29 is 8.81 Å². The van der Waals surface area contributed by atoms with Crippen molar-refractivity contribution >= 4 is 0 Å². The first-order valence-electron chi connectivity index (χ1n) is 9.33. The summed E-state index contributed by atoms with van der Waals surface area (Å²) in [5, 5.41) is 0. The highest BCUT2D eigenvalue weighted by Crippen LogP contribution is 2.36. The second-order valence-electron chi connectivity index (χ2n) is 7.36. The molecule has 4 rings (SSSR count). The lowest BCUT2D eigenvalue weighted by atomic mass is 10.0. The highest BCUT2D eigenvalue weighted by atomic mass is 19.1. The molecule has 134 valence electrons. The Morgan fingerprint density at radius 1 is 1.16 bits per heavy atom. The van der Waals surface area contributed by atoms with E-state index in [1.165, 1.54) is 25.3 Å². The predicted octanol–water partition coefficient (Wildman–Crippen LogP) is 3.64. The minimum absolute atomic E-state index is 0.186. The van der Waals surface area contributed by atoms with Gasteiger partial charge in [-0.15, -0.1) is 0 Å². The summed E-state index contributed by atoms with van der Waals surface area (Å²) in [4.78, 5) is 9.53.